The second kappa shape index (κ2) is 9.30. The number of likely N-dealkylation sites (tertiary alicyclic amines) is 1. The predicted octanol–water partition coefficient (Wildman–Crippen LogP) is 1.86. The van der Waals surface area contributed by atoms with E-state index in [-0.39, 0.29) is 11.9 Å². The van der Waals surface area contributed by atoms with E-state index in [0.717, 1.165) is 42.3 Å². The number of para-hydroxylation sites is 1. The molecule has 1 unspecified atom stereocenters. The number of amides is 1. The second-order valence-corrected chi connectivity index (χ2v) is 6.39. The Bertz CT molecular complexity index is 595. The molecule has 6 heteroatoms. The summed E-state index contributed by atoms with van der Waals surface area (Å²) in [5.74, 6) is 1.92. The highest BCUT2D eigenvalue weighted by Crippen LogP contribution is 2.21. The maximum absolute atomic E-state index is 11.8. The fourth-order valence-corrected chi connectivity index (χ4v) is 3.07. The molecule has 6 nitrogen and oxygen atoms in total. The van der Waals surface area contributed by atoms with Gasteiger partial charge in [0.15, 0.2) is 5.96 Å². The van der Waals surface area contributed by atoms with E-state index in [1.165, 1.54) is 0 Å². The van der Waals surface area contributed by atoms with E-state index >= 15 is 0 Å². The van der Waals surface area contributed by atoms with Crippen molar-refractivity contribution in [3.05, 3.63) is 29.3 Å². The Morgan fingerprint density at radius 2 is 2.08 bits per heavy atom. The molecule has 2 N–H and O–H groups in total. The Morgan fingerprint density at radius 3 is 2.72 bits per heavy atom. The van der Waals surface area contributed by atoms with Crippen molar-refractivity contribution in [2.45, 2.75) is 39.7 Å². The molecule has 1 saturated heterocycles. The largest absolute Gasteiger partial charge is 0.491 e. The van der Waals surface area contributed by atoms with Crippen molar-refractivity contribution >= 4 is 11.9 Å². The fraction of sp³-hybridized carbons (Fsp3) is 0.579. The van der Waals surface area contributed by atoms with Crippen molar-refractivity contribution in [3.63, 3.8) is 0 Å². The Labute approximate surface area is 150 Å². The lowest BCUT2D eigenvalue weighted by molar-refractivity contribution is -0.129. The number of nitrogens with one attached hydrogen (secondary N) is 2. The van der Waals surface area contributed by atoms with Gasteiger partial charge in [-0.3, -0.25) is 9.79 Å². The zero-order valence-electron chi connectivity index (χ0n) is 15.8. The van der Waals surface area contributed by atoms with Gasteiger partial charge in [-0.1, -0.05) is 25.1 Å². The third-order valence-corrected chi connectivity index (χ3v) is 4.46. The molecule has 0 aromatic heterocycles. The molecule has 1 aliphatic heterocycles. The molecule has 1 fully saturated rings. The number of hydrogen-bond donors (Lipinski definition) is 2. The van der Waals surface area contributed by atoms with Gasteiger partial charge in [-0.2, -0.15) is 0 Å². The van der Waals surface area contributed by atoms with Gasteiger partial charge in [-0.05, 0) is 31.4 Å². The van der Waals surface area contributed by atoms with E-state index in [1.807, 2.05) is 17.9 Å². The van der Waals surface area contributed by atoms with Gasteiger partial charge in [0.2, 0.25) is 5.91 Å². The quantitative estimate of drug-likeness (QED) is 0.469. The summed E-state index contributed by atoms with van der Waals surface area (Å²) in [4.78, 5) is 17.9. The standard InChI is InChI=1S/C19H30N4O2/c1-5-17(24)23-11-9-16(13-23)22-19(20-4)21-10-12-25-18-14(2)7-6-8-15(18)3/h6-8,16H,5,9-13H2,1-4H3,(H2,20,21,22). The molecule has 1 heterocycles. The molecule has 0 radical (unpaired) electrons. The van der Waals surface area contributed by atoms with Gasteiger partial charge in [-0.25, -0.2) is 0 Å². The normalized spacial score (nSPS) is 17.5. The van der Waals surface area contributed by atoms with E-state index in [4.69, 9.17) is 4.74 Å². The number of carbonyl (C=O) groups is 1. The summed E-state index contributed by atoms with van der Waals surface area (Å²) in [6.45, 7) is 8.80. The van der Waals surface area contributed by atoms with E-state index < -0.39 is 0 Å². The maximum atomic E-state index is 11.8. The molecule has 138 valence electrons. The fourth-order valence-electron chi connectivity index (χ4n) is 3.07. The molecule has 0 bridgehead atoms. The van der Waals surface area contributed by atoms with Crippen molar-refractivity contribution < 1.29 is 9.53 Å². The molecule has 1 aliphatic rings. The molecule has 1 aromatic carbocycles. The van der Waals surface area contributed by atoms with Gasteiger partial charge in [-0.15, -0.1) is 0 Å². The van der Waals surface area contributed by atoms with Crippen LogP contribution in [0.4, 0.5) is 0 Å². The van der Waals surface area contributed by atoms with Crippen molar-refractivity contribution in [2.24, 2.45) is 4.99 Å². The Kier molecular flexibility index (Phi) is 7.10. The molecule has 2 rings (SSSR count). The van der Waals surface area contributed by atoms with E-state index in [1.54, 1.807) is 7.05 Å². The minimum Gasteiger partial charge on any atom is -0.491 e. The van der Waals surface area contributed by atoms with Gasteiger partial charge >= 0.3 is 0 Å². The molecule has 1 amide bonds. The van der Waals surface area contributed by atoms with Crippen molar-refractivity contribution in [2.75, 3.05) is 33.3 Å². The highest BCUT2D eigenvalue weighted by Gasteiger charge is 2.25. The molecular weight excluding hydrogens is 316 g/mol. The summed E-state index contributed by atoms with van der Waals surface area (Å²) >= 11 is 0. The average molecular weight is 346 g/mol. The number of nitrogens with zero attached hydrogens (tertiary/aromatic N) is 2. The summed E-state index contributed by atoms with van der Waals surface area (Å²) in [6.07, 6.45) is 1.51. The predicted molar refractivity (Wildman–Crippen MR) is 101 cm³/mol. The third-order valence-electron chi connectivity index (χ3n) is 4.46. The van der Waals surface area contributed by atoms with Crippen LogP contribution < -0.4 is 15.4 Å². The maximum Gasteiger partial charge on any atom is 0.222 e. The Morgan fingerprint density at radius 1 is 1.36 bits per heavy atom. The van der Waals surface area contributed by atoms with Crippen LogP contribution in [0.3, 0.4) is 0 Å². The van der Waals surface area contributed by atoms with E-state index in [2.05, 4.69) is 41.6 Å². The zero-order valence-corrected chi connectivity index (χ0v) is 15.8. The SMILES string of the molecule is CCC(=O)N1CCC(NC(=NC)NCCOc2c(C)cccc2C)C1. The number of guanidine groups is 1. The average Bonchev–Trinajstić information content (AvgIpc) is 3.07. The van der Waals surface area contributed by atoms with Gasteiger partial charge in [0.1, 0.15) is 12.4 Å². The first-order chi connectivity index (χ1) is 12.0. The highest BCUT2D eigenvalue weighted by atomic mass is 16.5. The minimum absolute atomic E-state index is 0.217. The lowest BCUT2D eigenvalue weighted by atomic mass is 10.1. The summed E-state index contributed by atoms with van der Waals surface area (Å²) < 4.78 is 5.90. The van der Waals surface area contributed by atoms with Crippen LogP contribution in [0, 0.1) is 13.8 Å². The summed E-state index contributed by atoms with van der Waals surface area (Å²) in [6, 6.07) is 6.40. The highest BCUT2D eigenvalue weighted by molar-refractivity contribution is 5.80. The molecule has 25 heavy (non-hydrogen) atoms. The van der Waals surface area contributed by atoms with E-state index in [9.17, 15) is 4.79 Å². The van der Waals surface area contributed by atoms with Gasteiger partial charge in [0.05, 0.1) is 6.54 Å². The first kappa shape index (κ1) is 19.1. The summed E-state index contributed by atoms with van der Waals surface area (Å²) in [5, 5.41) is 6.66. The molecule has 1 atom stereocenters. The topological polar surface area (TPSA) is 66.0 Å². The van der Waals surface area contributed by atoms with Crippen LogP contribution in [0.25, 0.3) is 0 Å². The first-order valence-electron chi connectivity index (χ1n) is 8.99. The number of aryl methyl sites for hydroxylation is 2. The molecule has 0 spiro atoms. The van der Waals surface area contributed by atoms with Crippen LogP contribution in [-0.2, 0) is 4.79 Å². The molecule has 1 aromatic rings. The number of ether oxygens (including phenoxy) is 1. The second-order valence-electron chi connectivity index (χ2n) is 6.39. The smallest absolute Gasteiger partial charge is 0.222 e. The monoisotopic (exact) mass is 346 g/mol. The minimum atomic E-state index is 0.217. The van der Waals surface area contributed by atoms with Crippen LogP contribution in [0.2, 0.25) is 0 Å². The third kappa shape index (κ3) is 5.37. The summed E-state index contributed by atoms with van der Waals surface area (Å²) in [5.41, 5.74) is 2.29. The van der Waals surface area contributed by atoms with Gasteiger partial charge in [0, 0.05) is 32.6 Å². The van der Waals surface area contributed by atoms with Crippen molar-refractivity contribution in [1.82, 2.24) is 15.5 Å². The molecule has 0 saturated carbocycles. The number of hydrogen-bond acceptors (Lipinski definition) is 3. The summed E-state index contributed by atoms with van der Waals surface area (Å²) in [7, 11) is 1.76. The molecular formula is C19H30N4O2. The van der Waals surface area contributed by atoms with Crippen LogP contribution in [-0.4, -0.2) is 56.1 Å². The lowest BCUT2D eigenvalue weighted by Gasteiger charge is -2.19. The number of rotatable bonds is 6. The Balaban J connectivity index is 1.73. The van der Waals surface area contributed by atoms with Crippen molar-refractivity contribution in [3.8, 4) is 5.75 Å². The van der Waals surface area contributed by atoms with Gasteiger partial charge < -0.3 is 20.3 Å². The van der Waals surface area contributed by atoms with Gasteiger partial charge in [0.25, 0.3) is 0 Å². The number of aliphatic imine (C=N–C) groups is 1. The lowest BCUT2D eigenvalue weighted by Crippen LogP contribution is -2.46. The number of carbonyl (C=O) groups excluding carboxylic acids is 1. The molecule has 0 aliphatic carbocycles. The van der Waals surface area contributed by atoms with Crippen LogP contribution in [0.5, 0.6) is 5.75 Å². The number of benzene rings is 1. The van der Waals surface area contributed by atoms with E-state index in [0.29, 0.717) is 19.6 Å². The Hall–Kier alpha value is -2.24. The first-order valence-corrected chi connectivity index (χ1v) is 8.99. The zero-order chi connectivity index (χ0) is 18.2. The van der Waals surface area contributed by atoms with Crippen LogP contribution >= 0.6 is 0 Å². The van der Waals surface area contributed by atoms with Crippen molar-refractivity contribution in [1.29, 1.82) is 0 Å². The van der Waals surface area contributed by atoms with Crippen LogP contribution in [0.15, 0.2) is 23.2 Å². The van der Waals surface area contributed by atoms with Crippen LogP contribution in [0.1, 0.15) is 30.9 Å².